The van der Waals surface area contributed by atoms with Gasteiger partial charge in [-0.25, -0.2) is 0 Å². The summed E-state index contributed by atoms with van der Waals surface area (Å²) in [5, 5.41) is 0.787. The lowest BCUT2D eigenvalue weighted by Gasteiger charge is -2.03. The molecule has 0 aromatic carbocycles. The highest BCUT2D eigenvalue weighted by Gasteiger charge is 2.16. The summed E-state index contributed by atoms with van der Waals surface area (Å²) in [6.45, 7) is 0. The molecule has 1 saturated carbocycles. The Morgan fingerprint density at radius 3 is 2.67 bits per heavy atom. The van der Waals surface area contributed by atoms with Crippen molar-refractivity contribution in [1.82, 2.24) is 0 Å². The average molecular weight is 218 g/mol. The lowest BCUT2D eigenvalue weighted by Crippen LogP contribution is -1.92. The zero-order valence-electron chi connectivity index (χ0n) is 6.62. The summed E-state index contributed by atoms with van der Waals surface area (Å²) in [6, 6.07) is 1.78. The smallest absolute Gasteiger partial charge is 0.244 e. The van der Waals surface area contributed by atoms with Gasteiger partial charge in [0.05, 0.1) is 4.21 Å². The normalized spacial score (nSPS) is 18.7. The van der Waals surface area contributed by atoms with Gasteiger partial charge in [-0.3, -0.25) is 4.79 Å². The molecule has 0 bridgehead atoms. The lowest BCUT2D eigenvalue weighted by molar-refractivity contribution is 0.886. The van der Waals surface area contributed by atoms with E-state index in [4.69, 9.17) is 0 Å². The Labute approximate surface area is 83.2 Å². The first-order valence-corrected chi connectivity index (χ1v) is 7.14. The monoisotopic (exact) mass is 218 g/mol. The maximum Gasteiger partial charge on any atom is 0.244 e. The van der Waals surface area contributed by atoms with Crippen LogP contribution < -0.4 is 4.74 Å². The molecule has 12 heavy (non-hydrogen) atoms. The van der Waals surface area contributed by atoms with Crippen LogP contribution >= 0.6 is 32.4 Å². The van der Waals surface area contributed by atoms with Gasteiger partial charge in [-0.1, -0.05) is 23.2 Å². The van der Waals surface area contributed by atoms with Crippen molar-refractivity contribution in [1.29, 1.82) is 0 Å². The molecule has 1 nitrogen and oxygen atoms in total. The van der Waals surface area contributed by atoms with Crippen molar-refractivity contribution in [2.24, 2.45) is 0 Å². The number of hydrogen-bond donors (Lipinski definition) is 0. The van der Waals surface area contributed by atoms with Crippen LogP contribution in [0.3, 0.4) is 0 Å². The third-order valence-electron chi connectivity index (χ3n) is 2.03. The Morgan fingerprint density at radius 1 is 1.33 bits per heavy atom. The molecular weight excluding hydrogens is 208 g/mol. The van der Waals surface area contributed by atoms with Gasteiger partial charge in [-0.05, 0) is 23.2 Å². The molecule has 1 aliphatic carbocycles. The molecule has 0 amide bonds. The predicted molar refractivity (Wildman–Crippen MR) is 56.6 cm³/mol. The summed E-state index contributed by atoms with van der Waals surface area (Å²) in [4.78, 5) is 10.9. The molecule has 1 aliphatic rings. The van der Waals surface area contributed by atoms with Gasteiger partial charge in [0.2, 0.25) is 4.74 Å². The maximum absolute atomic E-state index is 10.9. The zero-order valence-corrected chi connectivity index (χ0v) is 9.07. The Bertz CT molecular complexity index is 295. The van der Waals surface area contributed by atoms with Crippen molar-refractivity contribution in [3.63, 3.8) is 0 Å². The molecular formula is C8H10OS3. The molecule has 0 saturated heterocycles. The fourth-order valence-electron chi connectivity index (χ4n) is 1.45. The van der Waals surface area contributed by atoms with E-state index in [2.05, 4.69) is 0 Å². The second-order valence-electron chi connectivity index (χ2n) is 2.97. The zero-order chi connectivity index (χ0) is 8.39. The number of rotatable bonds is 2. The van der Waals surface area contributed by atoms with Crippen molar-refractivity contribution >= 4 is 32.4 Å². The van der Waals surface area contributed by atoms with Gasteiger partial charge < -0.3 is 0 Å². The van der Waals surface area contributed by atoms with Gasteiger partial charge in [-0.15, -0.1) is 11.8 Å². The van der Waals surface area contributed by atoms with Crippen molar-refractivity contribution in [3.8, 4) is 0 Å². The van der Waals surface area contributed by atoms with E-state index < -0.39 is 0 Å². The lowest BCUT2D eigenvalue weighted by atomic mass is 10.4. The maximum atomic E-state index is 10.9. The van der Waals surface area contributed by atoms with Gasteiger partial charge in [-0.2, -0.15) is 0 Å². The Kier molecular flexibility index (Phi) is 2.88. The van der Waals surface area contributed by atoms with Gasteiger partial charge in [0.25, 0.3) is 0 Å². The first kappa shape index (κ1) is 8.78. The minimum Gasteiger partial charge on any atom is -0.277 e. The third-order valence-corrected chi connectivity index (χ3v) is 5.97. The number of hydrogen-bond acceptors (Lipinski definition) is 4. The van der Waals surface area contributed by atoms with E-state index in [-0.39, 0.29) is 4.74 Å². The fourth-order valence-corrected chi connectivity index (χ4v) is 5.16. The molecule has 1 heterocycles. The molecule has 0 spiro atoms. The molecule has 1 aromatic rings. The first-order chi connectivity index (χ1) is 5.84. The molecule has 1 aromatic heterocycles. The molecule has 0 radical (unpaired) electrons. The van der Waals surface area contributed by atoms with Crippen LogP contribution in [0.15, 0.2) is 15.1 Å². The second kappa shape index (κ2) is 3.94. The van der Waals surface area contributed by atoms with Gasteiger partial charge >= 0.3 is 0 Å². The van der Waals surface area contributed by atoms with E-state index in [0.717, 1.165) is 5.25 Å². The van der Waals surface area contributed by atoms with Gasteiger partial charge in [0.15, 0.2) is 0 Å². The quantitative estimate of drug-likeness (QED) is 0.709. The topological polar surface area (TPSA) is 17.1 Å². The van der Waals surface area contributed by atoms with E-state index >= 15 is 0 Å². The Balaban J connectivity index is 1.98. The highest BCUT2D eigenvalue weighted by atomic mass is 32.9. The number of thioether (sulfide) groups is 1. The van der Waals surface area contributed by atoms with Crippen LogP contribution in [0.5, 0.6) is 0 Å². The average Bonchev–Trinajstić information content (AvgIpc) is 2.63. The molecule has 0 aliphatic heterocycles. The predicted octanol–water partition coefficient (Wildman–Crippen LogP) is 3.20. The van der Waals surface area contributed by atoms with Gasteiger partial charge in [0.1, 0.15) is 0 Å². The van der Waals surface area contributed by atoms with E-state index in [1.54, 1.807) is 16.4 Å². The molecule has 2 rings (SSSR count). The van der Waals surface area contributed by atoms with E-state index in [1.165, 1.54) is 40.2 Å². The summed E-state index contributed by atoms with van der Waals surface area (Å²) >= 11 is 1.90. The van der Waals surface area contributed by atoms with E-state index in [9.17, 15) is 4.79 Å². The summed E-state index contributed by atoms with van der Waals surface area (Å²) in [7, 11) is 2.98. The molecule has 0 atom stereocenters. The highest BCUT2D eigenvalue weighted by molar-refractivity contribution is 8.03. The third kappa shape index (κ3) is 2.12. The molecule has 1 fully saturated rings. The molecule has 0 unspecified atom stereocenters. The Morgan fingerprint density at radius 2 is 2.08 bits per heavy atom. The SMILES string of the molecule is O=c1cc(SC2CCCC2)ss1. The largest absolute Gasteiger partial charge is 0.277 e. The molecule has 66 valence electrons. The molecule has 4 heteroatoms. The van der Waals surface area contributed by atoms with Gasteiger partial charge in [0, 0.05) is 11.3 Å². The summed E-state index contributed by atoms with van der Waals surface area (Å²) in [5.74, 6) is 0. The van der Waals surface area contributed by atoms with E-state index in [0.29, 0.717) is 0 Å². The summed E-state index contributed by atoms with van der Waals surface area (Å²) in [5.41, 5.74) is 0. The minimum atomic E-state index is 0.209. The van der Waals surface area contributed by atoms with Crippen molar-refractivity contribution in [2.75, 3.05) is 0 Å². The fraction of sp³-hybridized carbons (Fsp3) is 0.625. The van der Waals surface area contributed by atoms with E-state index in [1.807, 2.05) is 11.8 Å². The van der Waals surface area contributed by atoms with Crippen LogP contribution in [0.1, 0.15) is 25.7 Å². The van der Waals surface area contributed by atoms with Crippen LogP contribution in [0, 0.1) is 0 Å². The van der Waals surface area contributed by atoms with Crippen molar-refractivity contribution < 1.29 is 0 Å². The van der Waals surface area contributed by atoms with Crippen molar-refractivity contribution in [3.05, 3.63) is 15.6 Å². The summed E-state index contributed by atoms with van der Waals surface area (Å²) in [6.07, 6.45) is 5.41. The van der Waals surface area contributed by atoms with Crippen LogP contribution in [0.2, 0.25) is 0 Å². The highest BCUT2D eigenvalue weighted by Crippen LogP contribution is 2.36. The molecule has 0 N–H and O–H groups in total. The van der Waals surface area contributed by atoms with Crippen molar-refractivity contribution in [2.45, 2.75) is 35.1 Å². The van der Waals surface area contributed by atoms with Crippen LogP contribution in [-0.4, -0.2) is 5.25 Å². The van der Waals surface area contributed by atoms with Crippen LogP contribution in [0.25, 0.3) is 0 Å². The van der Waals surface area contributed by atoms with Crippen LogP contribution in [0.4, 0.5) is 0 Å². The standard InChI is InChI=1S/C8H10OS3/c9-7-5-8(12-11-7)10-6-3-1-2-4-6/h5-6H,1-4H2. The first-order valence-electron chi connectivity index (χ1n) is 4.11. The Hall–Kier alpha value is 0.200. The van der Waals surface area contributed by atoms with Crippen LogP contribution in [-0.2, 0) is 0 Å². The minimum absolute atomic E-state index is 0.209. The second-order valence-corrected chi connectivity index (χ2v) is 6.75. The summed E-state index contributed by atoms with van der Waals surface area (Å²) < 4.78 is 1.43.